The van der Waals surface area contributed by atoms with Crippen LogP contribution in [0.1, 0.15) is 32.8 Å². The molecule has 3 N–H and O–H groups in total. The highest BCUT2D eigenvalue weighted by atomic mass is 16.4. The Morgan fingerprint density at radius 1 is 1.25 bits per heavy atom. The summed E-state index contributed by atoms with van der Waals surface area (Å²) in [7, 11) is 0. The van der Waals surface area contributed by atoms with Crippen molar-refractivity contribution in [1.29, 1.82) is 0 Å². The summed E-state index contributed by atoms with van der Waals surface area (Å²) in [4.78, 5) is 22.6. The number of urea groups is 1. The lowest BCUT2D eigenvalue weighted by molar-refractivity contribution is -0.136. The minimum absolute atomic E-state index is 0.0396. The molecule has 0 unspecified atom stereocenters. The molecule has 1 aromatic rings. The number of hydrogen-bond acceptors (Lipinski definition) is 2. The molecule has 0 fully saturated rings. The number of benzene rings is 1. The van der Waals surface area contributed by atoms with Crippen LogP contribution in [0, 0.1) is 5.41 Å². The van der Waals surface area contributed by atoms with Gasteiger partial charge in [-0.15, -0.1) is 0 Å². The number of rotatable bonds is 6. The number of nitrogens with one attached hydrogen (secondary N) is 2. The van der Waals surface area contributed by atoms with Gasteiger partial charge in [0.2, 0.25) is 0 Å². The molecular weight excluding hydrogens is 256 g/mol. The van der Waals surface area contributed by atoms with Gasteiger partial charge in [-0.1, -0.05) is 39.0 Å². The predicted octanol–water partition coefficient (Wildman–Crippen LogP) is 2.87. The van der Waals surface area contributed by atoms with E-state index >= 15 is 0 Å². The average Bonchev–Trinajstić information content (AvgIpc) is 2.38. The van der Waals surface area contributed by atoms with Gasteiger partial charge in [0.1, 0.15) is 0 Å². The summed E-state index contributed by atoms with van der Waals surface area (Å²) in [6.07, 6.45) is 0.847. The molecule has 0 saturated carbocycles. The minimum Gasteiger partial charge on any atom is -0.481 e. The number of carboxylic acid groups (broad SMARTS) is 1. The fourth-order valence-electron chi connectivity index (χ4n) is 1.57. The Balaban J connectivity index is 2.64. The van der Waals surface area contributed by atoms with E-state index in [-0.39, 0.29) is 17.9 Å². The van der Waals surface area contributed by atoms with Crippen LogP contribution in [0.25, 0.3) is 0 Å². The molecule has 1 rings (SSSR count). The quantitative estimate of drug-likeness (QED) is 0.748. The van der Waals surface area contributed by atoms with Gasteiger partial charge in [-0.2, -0.15) is 0 Å². The number of anilines is 1. The van der Waals surface area contributed by atoms with Gasteiger partial charge >= 0.3 is 12.0 Å². The molecule has 0 aliphatic heterocycles. The van der Waals surface area contributed by atoms with Gasteiger partial charge in [-0.05, 0) is 23.5 Å². The molecule has 0 heterocycles. The van der Waals surface area contributed by atoms with Crippen LogP contribution in [0.3, 0.4) is 0 Å². The van der Waals surface area contributed by atoms with Gasteiger partial charge in [0.05, 0.1) is 6.42 Å². The molecule has 0 aromatic heterocycles. The fourth-order valence-corrected chi connectivity index (χ4v) is 1.57. The second-order valence-corrected chi connectivity index (χ2v) is 5.55. The summed E-state index contributed by atoms with van der Waals surface area (Å²) in [5, 5.41) is 14.3. The molecule has 1 aromatic carbocycles. The molecule has 5 heteroatoms. The first-order chi connectivity index (χ1) is 9.34. The van der Waals surface area contributed by atoms with Gasteiger partial charge in [0.15, 0.2) is 0 Å². The molecule has 0 aliphatic carbocycles. The van der Waals surface area contributed by atoms with Gasteiger partial charge in [0.25, 0.3) is 0 Å². The zero-order valence-corrected chi connectivity index (χ0v) is 12.2. The lowest BCUT2D eigenvalue weighted by Gasteiger charge is -2.23. The zero-order valence-electron chi connectivity index (χ0n) is 12.2. The molecule has 0 aliphatic rings. The summed E-state index contributed by atoms with van der Waals surface area (Å²) in [5.41, 5.74) is 1.16. The lowest BCUT2D eigenvalue weighted by atomic mass is 9.90. The third-order valence-corrected chi connectivity index (χ3v) is 3.29. The highest BCUT2D eigenvalue weighted by Gasteiger charge is 2.16. The maximum absolute atomic E-state index is 11.8. The fraction of sp³-hybridized carbons (Fsp3) is 0.467. The minimum atomic E-state index is -0.924. The van der Waals surface area contributed by atoms with E-state index in [1.54, 1.807) is 24.3 Å². The van der Waals surface area contributed by atoms with Crippen molar-refractivity contribution in [2.24, 2.45) is 5.41 Å². The van der Waals surface area contributed by atoms with Crippen molar-refractivity contribution in [1.82, 2.24) is 5.32 Å². The van der Waals surface area contributed by atoms with Crippen molar-refractivity contribution in [3.8, 4) is 0 Å². The van der Waals surface area contributed by atoms with Crippen molar-refractivity contribution < 1.29 is 14.7 Å². The molecule has 0 bridgehead atoms. The third-order valence-electron chi connectivity index (χ3n) is 3.29. The smallest absolute Gasteiger partial charge is 0.319 e. The molecule has 110 valence electrons. The van der Waals surface area contributed by atoms with Gasteiger partial charge in [0, 0.05) is 12.2 Å². The first kappa shape index (κ1) is 16.0. The van der Waals surface area contributed by atoms with E-state index in [4.69, 9.17) is 5.11 Å². The van der Waals surface area contributed by atoms with Crippen LogP contribution in [0.5, 0.6) is 0 Å². The number of para-hydroxylation sites is 1. The molecule has 0 atom stereocenters. The van der Waals surface area contributed by atoms with Crippen LogP contribution in [-0.2, 0) is 11.2 Å². The van der Waals surface area contributed by atoms with Crippen LogP contribution >= 0.6 is 0 Å². The normalized spacial score (nSPS) is 10.9. The van der Waals surface area contributed by atoms with Gasteiger partial charge in [-0.25, -0.2) is 4.79 Å². The second kappa shape index (κ2) is 6.93. The molecule has 0 spiro atoms. The third kappa shape index (κ3) is 5.30. The second-order valence-electron chi connectivity index (χ2n) is 5.55. The van der Waals surface area contributed by atoms with Crippen LogP contribution < -0.4 is 10.6 Å². The van der Waals surface area contributed by atoms with E-state index in [9.17, 15) is 9.59 Å². The highest BCUT2D eigenvalue weighted by molar-refractivity contribution is 5.90. The Bertz CT molecular complexity index is 484. The van der Waals surface area contributed by atoms with E-state index in [2.05, 4.69) is 31.4 Å². The number of carboxylic acids is 1. The predicted molar refractivity (Wildman–Crippen MR) is 78.9 cm³/mol. The Morgan fingerprint density at radius 2 is 1.90 bits per heavy atom. The molecule has 5 nitrogen and oxygen atoms in total. The topological polar surface area (TPSA) is 78.4 Å². The van der Waals surface area contributed by atoms with E-state index < -0.39 is 5.97 Å². The summed E-state index contributed by atoms with van der Waals surface area (Å²) in [5.74, 6) is -0.924. The molecule has 20 heavy (non-hydrogen) atoms. The lowest BCUT2D eigenvalue weighted by Crippen LogP contribution is -2.36. The highest BCUT2D eigenvalue weighted by Crippen LogP contribution is 2.18. The summed E-state index contributed by atoms with van der Waals surface area (Å²) < 4.78 is 0. The molecule has 0 saturated heterocycles. The number of carbonyl (C=O) groups is 2. The van der Waals surface area contributed by atoms with Crippen molar-refractivity contribution in [3.63, 3.8) is 0 Å². The van der Waals surface area contributed by atoms with Crippen molar-refractivity contribution >= 4 is 17.7 Å². The van der Waals surface area contributed by atoms with Gasteiger partial charge in [-0.3, -0.25) is 4.79 Å². The standard InChI is InChI=1S/C15H22N2O3/c1-4-15(2,3)10-16-14(20)17-12-8-6-5-7-11(12)9-13(18)19/h5-8H,4,9-10H2,1-3H3,(H,18,19)(H2,16,17,20). The maximum Gasteiger partial charge on any atom is 0.319 e. The summed E-state index contributed by atoms with van der Waals surface area (Å²) >= 11 is 0. The monoisotopic (exact) mass is 278 g/mol. The number of aliphatic carboxylic acids is 1. The SMILES string of the molecule is CCC(C)(C)CNC(=O)Nc1ccccc1CC(=O)O. The van der Waals surface area contributed by atoms with Crippen molar-refractivity contribution in [2.75, 3.05) is 11.9 Å². The van der Waals surface area contributed by atoms with Crippen LogP contribution in [0.4, 0.5) is 10.5 Å². The van der Waals surface area contributed by atoms with Crippen molar-refractivity contribution in [2.45, 2.75) is 33.6 Å². The van der Waals surface area contributed by atoms with E-state index in [0.717, 1.165) is 6.42 Å². The summed E-state index contributed by atoms with van der Waals surface area (Å²) in [6.45, 7) is 6.79. The number of carbonyl (C=O) groups excluding carboxylic acids is 1. The largest absolute Gasteiger partial charge is 0.481 e. The van der Waals surface area contributed by atoms with Gasteiger partial charge < -0.3 is 15.7 Å². The first-order valence-corrected chi connectivity index (χ1v) is 6.68. The van der Waals surface area contributed by atoms with Crippen molar-refractivity contribution in [3.05, 3.63) is 29.8 Å². The van der Waals surface area contributed by atoms with E-state index in [1.165, 1.54) is 0 Å². The Morgan fingerprint density at radius 3 is 2.50 bits per heavy atom. The molecule has 0 radical (unpaired) electrons. The number of amides is 2. The number of hydrogen-bond donors (Lipinski definition) is 3. The molecular formula is C15H22N2O3. The Labute approximate surface area is 119 Å². The Kier molecular flexibility index (Phi) is 5.55. The first-order valence-electron chi connectivity index (χ1n) is 6.68. The molecule has 2 amide bonds. The van der Waals surface area contributed by atoms with E-state index in [1.807, 2.05) is 0 Å². The van der Waals surface area contributed by atoms with Crippen LogP contribution in [0.2, 0.25) is 0 Å². The Hall–Kier alpha value is -2.04. The van der Waals surface area contributed by atoms with Crippen LogP contribution in [0.15, 0.2) is 24.3 Å². The van der Waals surface area contributed by atoms with Crippen LogP contribution in [-0.4, -0.2) is 23.7 Å². The summed E-state index contributed by atoms with van der Waals surface area (Å²) in [6, 6.07) is 6.59. The van der Waals surface area contributed by atoms with E-state index in [0.29, 0.717) is 17.8 Å². The maximum atomic E-state index is 11.8. The zero-order chi connectivity index (χ0) is 15.2. The average molecular weight is 278 g/mol.